The van der Waals surface area contributed by atoms with Crippen molar-refractivity contribution in [3.05, 3.63) is 42.9 Å². The molecule has 4 heterocycles. The van der Waals surface area contributed by atoms with E-state index in [2.05, 4.69) is 74.9 Å². The summed E-state index contributed by atoms with van der Waals surface area (Å²) in [6.07, 6.45) is 5.88. The van der Waals surface area contributed by atoms with Crippen molar-refractivity contribution in [1.82, 2.24) is 24.4 Å². The highest BCUT2D eigenvalue weighted by atomic mass is 16.5. The Hall–Kier alpha value is -3.39. The second-order valence-electron chi connectivity index (χ2n) is 8.84. The first-order chi connectivity index (χ1) is 16.0. The lowest BCUT2D eigenvalue weighted by molar-refractivity contribution is 0.307. The van der Waals surface area contributed by atoms with Gasteiger partial charge >= 0.3 is 0 Å². The Balaban J connectivity index is 1.48. The van der Waals surface area contributed by atoms with Crippen molar-refractivity contribution in [3.8, 4) is 5.75 Å². The van der Waals surface area contributed by atoms with E-state index in [1.54, 1.807) is 0 Å². The number of benzene rings is 1. The normalized spacial score (nSPS) is 15.0. The summed E-state index contributed by atoms with van der Waals surface area (Å²) in [6, 6.07) is 8.62. The summed E-state index contributed by atoms with van der Waals surface area (Å²) in [5.41, 5.74) is 3.09. The Labute approximate surface area is 194 Å². The molecule has 1 aromatic carbocycles. The molecule has 0 aliphatic carbocycles. The molecule has 1 aliphatic rings. The lowest BCUT2D eigenvalue weighted by Crippen LogP contribution is -2.44. The summed E-state index contributed by atoms with van der Waals surface area (Å²) in [6.45, 7) is 10.9. The molecule has 0 atom stereocenters. The number of likely N-dealkylation sites (N-methyl/N-ethyl adjacent to an activating group) is 1. The van der Waals surface area contributed by atoms with Crippen LogP contribution < -0.4 is 15.0 Å². The van der Waals surface area contributed by atoms with Gasteiger partial charge in [0.1, 0.15) is 17.1 Å². The first-order valence-corrected chi connectivity index (χ1v) is 11.6. The minimum Gasteiger partial charge on any atom is -0.492 e. The van der Waals surface area contributed by atoms with E-state index in [0.717, 1.165) is 54.0 Å². The highest BCUT2D eigenvalue weighted by Crippen LogP contribution is 2.32. The summed E-state index contributed by atoms with van der Waals surface area (Å²) >= 11 is 0. The molecule has 1 fully saturated rings. The molecule has 4 aromatic rings. The molecule has 0 bridgehead atoms. The Morgan fingerprint density at radius 2 is 1.82 bits per heavy atom. The Kier molecular flexibility index (Phi) is 5.76. The van der Waals surface area contributed by atoms with Gasteiger partial charge in [0, 0.05) is 61.5 Å². The summed E-state index contributed by atoms with van der Waals surface area (Å²) < 4.78 is 8.23. The summed E-state index contributed by atoms with van der Waals surface area (Å²) in [5.74, 6) is 2.02. The van der Waals surface area contributed by atoms with Gasteiger partial charge in [-0.2, -0.15) is 0 Å². The average Bonchev–Trinajstić information content (AvgIpc) is 3.25. The lowest BCUT2D eigenvalue weighted by atomic mass is 10.2. The van der Waals surface area contributed by atoms with Crippen molar-refractivity contribution in [2.45, 2.75) is 26.8 Å². The van der Waals surface area contributed by atoms with E-state index in [-0.39, 0.29) is 0 Å². The number of piperazine rings is 1. The Bertz CT molecular complexity index is 1270. The van der Waals surface area contributed by atoms with Gasteiger partial charge in [0.15, 0.2) is 0 Å². The first-order valence-electron chi connectivity index (χ1n) is 11.6. The van der Waals surface area contributed by atoms with Crippen molar-refractivity contribution >= 4 is 39.3 Å². The van der Waals surface area contributed by atoms with Gasteiger partial charge in [0.25, 0.3) is 0 Å². The Morgan fingerprint density at radius 1 is 1.03 bits per heavy atom. The van der Waals surface area contributed by atoms with Crippen molar-refractivity contribution < 1.29 is 4.74 Å². The van der Waals surface area contributed by atoms with Crippen LogP contribution in [0, 0.1) is 0 Å². The highest BCUT2D eigenvalue weighted by Gasteiger charge is 2.19. The van der Waals surface area contributed by atoms with Gasteiger partial charge in [-0.3, -0.25) is 0 Å². The van der Waals surface area contributed by atoms with E-state index in [1.165, 1.54) is 5.39 Å². The van der Waals surface area contributed by atoms with E-state index in [0.29, 0.717) is 24.4 Å². The standard InChI is InChI=1S/C25H31N7O/c1-5-33-21-14-22(26-16-20(21)31-12-10-30(4)11-13-31)28-25-27-15-19-7-6-18-8-9-32(17(2)3)24(18)23(19)29-25/h6-9,14-17H,5,10-13H2,1-4H3,(H,26,27,28,29). The molecule has 1 aliphatic heterocycles. The fourth-order valence-corrected chi connectivity index (χ4v) is 4.40. The molecule has 0 unspecified atom stereocenters. The number of nitrogens with one attached hydrogen (secondary N) is 1. The zero-order valence-corrected chi connectivity index (χ0v) is 19.7. The summed E-state index contributed by atoms with van der Waals surface area (Å²) in [4.78, 5) is 18.7. The summed E-state index contributed by atoms with van der Waals surface area (Å²) in [5, 5.41) is 5.48. The number of rotatable bonds is 6. The third-order valence-electron chi connectivity index (χ3n) is 6.22. The van der Waals surface area contributed by atoms with Crippen LogP contribution in [0.25, 0.3) is 21.8 Å². The molecular weight excluding hydrogens is 414 g/mol. The second-order valence-corrected chi connectivity index (χ2v) is 8.84. The fourth-order valence-electron chi connectivity index (χ4n) is 4.40. The largest absolute Gasteiger partial charge is 0.492 e. The third kappa shape index (κ3) is 4.18. The smallest absolute Gasteiger partial charge is 0.228 e. The number of pyridine rings is 1. The number of nitrogens with zero attached hydrogens (tertiary/aromatic N) is 6. The second kappa shape index (κ2) is 8.86. The van der Waals surface area contributed by atoms with Crippen LogP contribution in [-0.2, 0) is 0 Å². The van der Waals surface area contributed by atoms with Crippen LogP contribution in [0.4, 0.5) is 17.5 Å². The molecule has 5 rings (SSSR count). The highest BCUT2D eigenvalue weighted by molar-refractivity contribution is 6.03. The van der Waals surface area contributed by atoms with Gasteiger partial charge in [0.2, 0.25) is 5.95 Å². The molecule has 3 aromatic heterocycles. The third-order valence-corrected chi connectivity index (χ3v) is 6.22. The maximum atomic E-state index is 5.98. The van der Waals surface area contributed by atoms with E-state index in [1.807, 2.05) is 25.4 Å². The average molecular weight is 446 g/mol. The van der Waals surface area contributed by atoms with Crippen LogP contribution in [0.3, 0.4) is 0 Å². The number of aromatic nitrogens is 4. The Morgan fingerprint density at radius 3 is 2.58 bits per heavy atom. The van der Waals surface area contributed by atoms with Gasteiger partial charge in [-0.1, -0.05) is 12.1 Å². The molecule has 1 N–H and O–H groups in total. The van der Waals surface area contributed by atoms with Crippen LogP contribution in [0.15, 0.2) is 42.9 Å². The van der Waals surface area contributed by atoms with Gasteiger partial charge in [-0.25, -0.2) is 15.0 Å². The summed E-state index contributed by atoms with van der Waals surface area (Å²) in [7, 11) is 2.15. The van der Waals surface area contributed by atoms with Crippen LogP contribution >= 0.6 is 0 Å². The molecule has 8 heteroatoms. The number of hydrogen-bond acceptors (Lipinski definition) is 7. The maximum Gasteiger partial charge on any atom is 0.228 e. The van der Waals surface area contributed by atoms with Gasteiger partial charge in [-0.05, 0) is 33.9 Å². The maximum absolute atomic E-state index is 5.98. The van der Waals surface area contributed by atoms with Gasteiger partial charge < -0.3 is 24.4 Å². The van der Waals surface area contributed by atoms with Crippen LogP contribution in [0.5, 0.6) is 5.75 Å². The predicted octanol–water partition coefficient (Wildman–Crippen LogP) is 4.45. The molecule has 172 valence electrons. The number of hydrogen-bond donors (Lipinski definition) is 1. The first kappa shape index (κ1) is 21.5. The van der Waals surface area contributed by atoms with Crippen LogP contribution in [0.2, 0.25) is 0 Å². The minimum atomic E-state index is 0.344. The molecule has 33 heavy (non-hydrogen) atoms. The van der Waals surface area contributed by atoms with Gasteiger partial charge in [0.05, 0.1) is 24.0 Å². The molecule has 0 saturated carbocycles. The molecule has 1 saturated heterocycles. The molecule has 8 nitrogen and oxygen atoms in total. The van der Waals surface area contributed by atoms with Gasteiger partial charge in [-0.15, -0.1) is 0 Å². The fraction of sp³-hybridized carbons (Fsp3) is 0.400. The topological polar surface area (TPSA) is 71.3 Å². The van der Waals surface area contributed by atoms with Crippen molar-refractivity contribution in [2.75, 3.05) is 50.1 Å². The van der Waals surface area contributed by atoms with Crippen LogP contribution in [0.1, 0.15) is 26.8 Å². The zero-order chi connectivity index (χ0) is 22.9. The molecule has 0 radical (unpaired) electrons. The number of ether oxygens (including phenoxy) is 1. The van der Waals surface area contributed by atoms with Crippen molar-refractivity contribution in [1.29, 1.82) is 0 Å². The van der Waals surface area contributed by atoms with E-state index >= 15 is 0 Å². The monoisotopic (exact) mass is 445 g/mol. The SMILES string of the molecule is CCOc1cc(Nc2ncc3ccc4ccn(C(C)C)c4c3n2)ncc1N1CCN(C)CC1. The zero-order valence-electron chi connectivity index (χ0n) is 19.7. The van der Waals surface area contributed by atoms with E-state index in [9.17, 15) is 0 Å². The van der Waals surface area contributed by atoms with Crippen molar-refractivity contribution in [2.24, 2.45) is 0 Å². The minimum absolute atomic E-state index is 0.344. The number of anilines is 3. The molecule has 0 amide bonds. The number of fused-ring (bicyclic) bond motifs is 3. The predicted molar refractivity (Wildman–Crippen MR) is 134 cm³/mol. The molecule has 0 spiro atoms. The lowest BCUT2D eigenvalue weighted by Gasteiger charge is -2.34. The quantitative estimate of drug-likeness (QED) is 0.470. The van der Waals surface area contributed by atoms with E-state index < -0.39 is 0 Å². The van der Waals surface area contributed by atoms with Crippen molar-refractivity contribution in [3.63, 3.8) is 0 Å². The molecular formula is C25H31N7O. The van der Waals surface area contributed by atoms with E-state index in [4.69, 9.17) is 9.72 Å². The van der Waals surface area contributed by atoms with Crippen LogP contribution in [-0.4, -0.2) is 64.3 Å².